The number of aliphatic hydroxyl groups is 1. The third kappa shape index (κ3) is 2.95. The van der Waals surface area contributed by atoms with Crippen molar-refractivity contribution < 1.29 is 14.6 Å². The highest BCUT2D eigenvalue weighted by Gasteiger charge is 2.25. The van der Waals surface area contributed by atoms with E-state index in [-0.39, 0.29) is 6.61 Å². The molecule has 0 heterocycles. The van der Waals surface area contributed by atoms with Crippen molar-refractivity contribution in [3.05, 3.63) is 29.8 Å². The van der Waals surface area contributed by atoms with Gasteiger partial charge in [0.05, 0.1) is 12.6 Å². The summed E-state index contributed by atoms with van der Waals surface area (Å²) >= 11 is 0. The van der Waals surface area contributed by atoms with Crippen molar-refractivity contribution in [3.8, 4) is 0 Å². The predicted octanol–water partition coefficient (Wildman–Crippen LogP) is 0.193. The summed E-state index contributed by atoms with van der Waals surface area (Å²) in [5.74, 6) is -0.716. The molecule has 0 amide bonds. The van der Waals surface area contributed by atoms with Crippen LogP contribution in [-0.4, -0.2) is 23.8 Å². The van der Waals surface area contributed by atoms with Gasteiger partial charge in [0.2, 0.25) is 0 Å². The van der Waals surface area contributed by atoms with Gasteiger partial charge in [0, 0.05) is 5.69 Å². The van der Waals surface area contributed by atoms with Crippen LogP contribution in [-0.2, 0) is 9.53 Å². The van der Waals surface area contributed by atoms with Crippen molar-refractivity contribution in [1.29, 1.82) is 0 Å². The first kappa shape index (κ1) is 12.5. The third-order valence-corrected chi connectivity index (χ3v) is 2.19. The first-order chi connectivity index (χ1) is 7.56. The Labute approximate surface area is 94.0 Å². The second-order valence-electron chi connectivity index (χ2n) is 3.39. The van der Waals surface area contributed by atoms with E-state index in [4.69, 9.17) is 11.5 Å². The number of anilines is 1. The molecule has 1 aromatic rings. The van der Waals surface area contributed by atoms with Gasteiger partial charge in [0.15, 0.2) is 6.10 Å². The maximum atomic E-state index is 11.2. The van der Waals surface area contributed by atoms with Gasteiger partial charge < -0.3 is 21.3 Å². The first-order valence-electron chi connectivity index (χ1n) is 5.02. The highest BCUT2D eigenvalue weighted by molar-refractivity contribution is 5.75. The van der Waals surface area contributed by atoms with Crippen LogP contribution in [0.2, 0.25) is 0 Å². The van der Waals surface area contributed by atoms with Crippen molar-refractivity contribution in [3.63, 3.8) is 0 Å². The summed E-state index contributed by atoms with van der Waals surface area (Å²) in [6.07, 6.45) is -1.36. The number of carbonyl (C=O) groups is 1. The summed E-state index contributed by atoms with van der Waals surface area (Å²) in [6.45, 7) is 1.88. The van der Waals surface area contributed by atoms with Crippen LogP contribution in [0.15, 0.2) is 24.3 Å². The van der Waals surface area contributed by atoms with Crippen LogP contribution in [0.4, 0.5) is 5.69 Å². The minimum atomic E-state index is -1.36. The zero-order valence-electron chi connectivity index (χ0n) is 9.09. The Hall–Kier alpha value is -1.59. The molecule has 0 aromatic heterocycles. The van der Waals surface area contributed by atoms with Crippen molar-refractivity contribution >= 4 is 11.7 Å². The molecule has 0 saturated heterocycles. The molecule has 16 heavy (non-hydrogen) atoms. The number of nitrogens with two attached hydrogens (primary N) is 2. The summed E-state index contributed by atoms with van der Waals surface area (Å²) in [5, 5.41) is 9.61. The number of esters is 1. The minimum Gasteiger partial charge on any atom is -0.464 e. The lowest BCUT2D eigenvalue weighted by Gasteiger charge is -2.17. The first-order valence-corrected chi connectivity index (χ1v) is 5.02. The Bertz CT molecular complexity index is 351. The van der Waals surface area contributed by atoms with Crippen molar-refractivity contribution in [2.75, 3.05) is 12.3 Å². The number of carbonyl (C=O) groups excluding carboxylic acids is 1. The second-order valence-corrected chi connectivity index (χ2v) is 3.39. The van der Waals surface area contributed by atoms with Crippen LogP contribution in [0.3, 0.4) is 0 Å². The van der Waals surface area contributed by atoms with E-state index in [0.29, 0.717) is 11.3 Å². The molecule has 2 unspecified atom stereocenters. The molecular formula is C11H16N2O3. The van der Waals surface area contributed by atoms with E-state index in [0.717, 1.165) is 0 Å². The fourth-order valence-corrected chi connectivity index (χ4v) is 1.27. The summed E-state index contributed by atoms with van der Waals surface area (Å²) < 4.78 is 4.68. The Morgan fingerprint density at radius 3 is 2.50 bits per heavy atom. The summed E-state index contributed by atoms with van der Waals surface area (Å²) in [5.41, 5.74) is 12.5. The van der Waals surface area contributed by atoms with E-state index in [2.05, 4.69) is 4.74 Å². The molecule has 88 valence electrons. The molecule has 0 spiro atoms. The third-order valence-electron chi connectivity index (χ3n) is 2.19. The Morgan fingerprint density at radius 2 is 2.00 bits per heavy atom. The van der Waals surface area contributed by atoms with E-state index in [9.17, 15) is 9.90 Å². The summed E-state index contributed by atoms with van der Waals surface area (Å²) in [6, 6.07) is 5.85. The lowest BCUT2D eigenvalue weighted by Crippen LogP contribution is -2.34. The van der Waals surface area contributed by atoms with Gasteiger partial charge >= 0.3 is 5.97 Å². The van der Waals surface area contributed by atoms with Gasteiger partial charge in [-0.2, -0.15) is 0 Å². The van der Waals surface area contributed by atoms with Gasteiger partial charge in [0.25, 0.3) is 0 Å². The topological polar surface area (TPSA) is 98.6 Å². The number of hydrogen-bond acceptors (Lipinski definition) is 5. The molecule has 0 saturated carbocycles. The molecule has 1 rings (SSSR count). The molecule has 0 radical (unpaired) electrons. The number of benzene rings is 1. The lowest BCUT2D eigenvalue weighted by atomic mass is 10.0. The highest BCUT2D eigenvalue weighted by Crippen LogP contribution is 2.16. The van der Waals surface area contributed by atoms with Gasteiger partial charge in [0.1, 0.15) is 0 Å². The number of hydrogen-bond donors (Lipinski definition) is 3. The molecule has 0 bridgehead atoms. The quantitative estimate of drug-likeness (QED) is 0.501. The monoisotopic (exact) mass is 224 g/mol. The average molecular weight is 224 g/mol. The van der Waals surface area contributed by atoms with Crippen LogP contribution >= 0.6 is 0 Å². The molecular weight excluding hydrogens is 208 g/mol. The maximum absolute atomic E-state index is 11.2. The predicted molar refractivity (Wildman–Crippen MR) is 60.4 cm³/mol. The number of aliphatic hydroxyl groups excluding tert-OH is 1. The molecule has 5 N–H and O–H groups in total. The summed E-state index contributed by atoms with van der Waals surface area (Å²) in [7, 11) is 0. The molecule has 5 heteroatoms. The van der Waals surface area contributed by atoms with Gasteiger partial charge in [-0.1, -0.05) is 12.1 Å². The van der Waals surface area contributed by atoms with Crippen LogP contribution in [0, 0.1) is 0 Å². The summed E-state index contributed by atoms with van der Waals surface area (Å²) in [4.78, 5) is 11.2. The molecule has 1 aromatic carbocycles. The maximum Gasteiger partial charge on any atom is 0.336 e. The molecule has 0 aliphatic carbocycles. The fraction of sp³-hybridized carbons (Fsp3) is 0.364. The van der Waals surface area contributed by atoms with Gasteiger partial charge in [-0.15, -0.1) is 0 Å². The van der Waals surface area contributed by atoms with Crippen LogP contribution < -0.4 is 11.5 Å². The normalized spacial score (nSPS) is 14.2. The number of ether oxygens (including phenoxy) is 1. The largest absolute Gasteiger partial charge is 0.464 e. The molecule has 0 fully saturated rings. The van der Waals surface area contributed by atoms with Gasteiger partial charge in [-0.3, -0.25) is 0 Å². The number of rotatable bonds is 4. The minimum absolute atomic E-state index is 0.213. The number of nitrogen functional groups attached to an aromatic ring is 1. The smallest absolute Gasteiger partial charge is 0.336 e. The van der Waals surface area contributed by atoms with Crippen LogP contribution in [0.25, 0.3) is 0 Å². The van der Waals surface area contributed by atoms with Crippen molar-refractivity contribution in [1.82, 2.24) is 0 Å². The zero-order chi connectivity index (χ0) is 12.1. The van der Waals surface area contributed by atoms with E-state index >= 15 is 0 Å². The standard InChI is InChI=1S/C11H16N2O3/c1-2-16-11(15)10(14)9(13)7-3-5-8(12)6-4-7/h3-6,9-10,14H,2,12-13H2,1H3. The van der Waals surface area contributed by atoms with E-state index < -0.39 is 18.1 Å². The Morgan fingerprint density at radius 1 is 1.44 bits per heavy atom. The molecule has 0 aliphatic heterocycles. The van der Waals surface area contributed by atoms with Crippen molar-refractivity contribution in [2.24, 2.45) is 5.73 Å². The highest BCUT2D eigenvalue weighted by atomic mass is 16.5. The molecule has 2 atom stereocenters. The molecule has 5 nitrogen and oxygen atoms in total. The lowest BCUT2D eigenvalue weighted by molar-refractivity contribution is -0.154. The Balaban J connectivity index is 2.73. The molecule has 0 aliphatic rings. The van der Waals surface area contributed by atoms with Gasteiger partial charge in [-0.25, -0.2) is 4.79 Å². The van der Waals surface area contributed by atoms with E-state index in [1.54, 1.807) is 31.2 Å². The van der Waals surface area contributed by atoms with Crippen LogP contribution in [0.5, 0.6) is 0 Å². The Kier molecular flexibility index (Phi) is 4.28. The second kappa shape index (κ2) is 5.48. The van der Waals surface area contributed by atoms with E-state index in [1.807, 2.05) is 0 Å². The van der Waals surface area contributed by atoms with Gasteiger partial charge in [-0.05, 0) is 24.6 Å². The average Bonchev–Trinajstić information content (AvgIpc) is 2.28. The van der Waals surface area contributed by atoms with Crippen LogP contribution in [0.1, 0.15) is 18.5 Å². The fourth-order valence-electron chi connectivity index (χ4n) is 1.27. The zero-order valence-corrected chi connectivity index (χ0v) is 9.09. The van der Waals surface area contributed by atoms with Crippen molar-refractivity contribution in [2.45, 2.75) is 19.1 Å². The SMILES string of the molecule is CCOC(=O)C(O)C(N)c1ccc(N)cc1. The van der Waals surface area contributed by atoms with E-state index in [1.165, 1.54) is 0 Å².